The smallest absolute Gasteiger partial charge is 0.0830 e. The molecular formula is C18H23NO. The highest BCUT2D eigenvalue weighted by Crippen LogP contribution is 2.29. The number of rotatable bonds is 4. The third-order valence-electron chi connectivity index (χ3n) is 3.76. The molecule has 0 fully saturated rings. The lowest BCUT2D eigenvalue weighted by atomic mass is 9.88. The van der Waals surface area contributed by atoms with Gasteiger partial charge in [0.2, 0.25) is 0 Å². The molecule has 0 aromatic heterocycles. The van der Waals surface area contributed by atoms with Crippen LogP contribution in [0.3, 0.4) is 0 Å². The van der Waals surface area contributed by atoms with Crippen molar-refractivity contribution in [1.29, 1.82) is 0 Å². The molecule has 1 atom stereocenters. The van der Waals surface area contributed by atoms with E-state index in [2.05, 4.69) is 56.4 Å². The molecule has 2 nitrogen and oxygen atoms in total. The molecule has 2 heteroatoms. The van der Waals surface area contributed by atoms with Crippen LogP contribution in [-0.4, -0.2) is 11.7 Å². The average molecular weight is 269 g/mol. The molecule has 0 aliphatic heterocycles. The van der Waals surface area contributed by atoms with Crippen molar-refractivity contribution in [3.63, 3.8) is 0 Å². The monoisotopic (exact) mass is 269 g/mol. The minimum absolute atomic E-state index is 0.0464. The van der Waals surface area contributed by atoms with E-state index in [1.165, 1.54) is 16.7 Å². The van der Waals surface area contributed by atoms with Crippen LogP contribution in [0.15, 0.2) is 42.5 Å². The van der Waals surface area contributed by atoms with Crippen molar-refractivity contribution in [2.45, 2.75) is 33.2 Å². The van der Waals surface area contributed by atoms with Crippen molar-refractivity contribution < 1.29 is 5.11 Å². The van der Waals surface area contributed by atoms with E-state index in [9.17, 15) is 5.11 Å². The van der Waals surface area contributed by atoms with Gasteiger partial charge in [-0.15, -0.1) is 0 Å². The minimum atomic E-state index is -0.479. The van der Waals surface area contributed by atoms with E-state index in [0.29, 0.717) is 0 Å². The second kappa shape index (κ2) is 5.68. The number of aliphatic hydroxyl groups excluding tert-OH is 1. The predicted octanol–water partition coefficient (Wildman–Crippen LogP) is 3.93. The second-order valence-corrected chi connectivity index (χ2v) is 5.80. The van der Waals surface area contributed by atoms with Gasteiger partial charge >= 0.3 is 0 Å². The molecule has 0 heterocycles. The van der Waals surface area contributed by atoms with E-state index >= 15 is 0 Å². The summed E-state index contributed by atoms with van der Waals surface area (Å²) in [6.45, 7) is 8.32. The summed E-state index contributed by atoms with van der Waals surface area (Å²) in [5.41, 5.74) is 5.33. The summed E-state index contributed by atoms with van der Waals surface area (Å²) in [6, 6.07) is 14.6. The van der Waals surface area contributed by atoms with Crippen molar-refractivity contribution in [2.24, 2.45) is 0 Å². The highest BCUT2D eigenvalue weighted by atomic mass is 16.3. The number of anilines is 1. The molecule has 0 amide bonds. The maximum absolute atomic E-state index is 9.89. The molecule has 0 aliphatic rings. The highest BCUT2D eigenvalue weighted by Gasteiger charge is 2.27. The lowest BCUT2D eigenvalue weighted by Crippen LogP contribution is -2.36. The first-order valence-electron chi connectivity index (χ1n) is 6.98. The summed E-state index contributed by atoms with van der Waals surface area (Å²) in [7, 11) is 0. The third kappa shape index (κ3) is 3.02. The summed E-state index contributed by atoms with van der Waals surface area (Å²) in [5.74, 6) is 0. The molecule has 0 spiro atoms. The van der Waals surface area contributed by atoms with Crippen LogP contribution < -0.4 is 5.32 Å². The van der Waals surface area contributed by atoms with Crippen LogP contribution in [0.25, 0.3) is 0 Å². The number of aryl methyl sites for hydroxylation is 3. The van der Waals surface area contributed by atoms with Crippen LogP contribution in [0.2, 0.25) is 0 Å². The number of benzene rings is 2. The van der Waals surface area contributed by atoms with Gasteiger partial charge in [-0.25, -0.2) is 0 Å². The van der Waals surface area contributed by atoms with Gasteiger partial charge in [0.25, 0.3) is 0 Å². The van der Waals surface area contributed by atoms with E-state index < -0.39 is 5.54 Å². The zero-order chi connectivity index (χ0) is 14.8. The maximum atomic E-state index is 9.89. The standard InChI is InChI=1S/C18H23NO/c1-13-5-8-16(9-6-13)19-18(4,12-20)17-10-7-14(2)11-15(17)3/h5-11,19-20H,12H2,1-4H3. The van der Waals surface area contributed by atoms with Gasteiger partial charge in [0, 0.05) is 5.69 Å². The Bertz CT molecular complexity index is 589. The first-order chi connectivity index (χ1) is 9.44. The number of hydrogen-bond donors (Lipinski definition) is 2. The quantitative estimate of drug-likeness (QED) is 0.881. The van der Waals surface area contributed by atoms with Gasteiger partial charge in [-0.05, 0) is 51.0 Å². The number of nitrogens with one attached hydrogen (secondary N) is 1. The van der Waals surface area contributed by atoms with Crippen LogP contribution in [0.4, 0.5) is 5.69 Å². The Hall–Kier alpha value is -1.80. The van der Waals surface area contributed by atoms with E-state index in [1.54, 1.807) is 0 Å². The normalized spacial score (nSPS) is 13.8. The summed E-state index contributed by atoms with van der Waals surface area (Å²) >= 11 is 0. The molecule has 1 unspecified atom stereocenters. The van der Waals surface area contributed by atoms with Gasteiger partial charge in [0.15, 0.2) is 0 Å². The maximum Gasteiger partial charge on any atom is 0.0830 e. The molecule has 0 saturated heterocycles. The van der Waals surface area contributed by atoms with Gasteiger partial charge in [-0.1, -0.05) is 41.5 Å². The van der Waals surface area contributed by atoms with Crippen LogP contribution in [-0.2, 0) is 5.54 Å². The lowest BCUT2D eigenvalue weighted by Gasteiger charge is -2.32. The van der Waals surface area contributed by atoms with E-state index in [4.69, 9.17) is 0 Å². The largest absolute Gasteiger partial charge is 0.394 e. The van der Waals surface area contributed by atoms with E-state index in [1.807, 2.05) is 19.1 Å². The molecule has 20 heavy (non-hydrogen) atoms. The SMILES string of the molecule is Cc1ccc(NC(C)(CO)c2ccc(C)cc2C)cc1. The first kappa shape index (κ1) is 14.6. The van der Waals surface area contributed by atoms with Gasteiger partial charge in [-0.2, -0.15) is 0 Å². The average Bonchev–Trinajstić information content (AvgIpc) is 2.41. The van der Waals surface area contributed by atoms with Crippen LogP contribution in [0, 0.1) is 20.8 Å². The van der Waals surface area contributed by atoms with Gasteiger partial charge < -0.3 is 10.4 Å². The van der Waals surface area contributed by atoms with Crippen molar-refractivity contribution in [2.75, 3.05) is 11.9 Å². The van der Waals surface area contributed by atoms with Crippen LogP contribution in [0.5, 0.6) is 0 Å². The summed E-state index contributed by atoms with van der Waals surface area (Å²) < 4.78 is 0. The van der Waals surface area contributed by atoms with E-state index in [0.717, 1.165) is 11.3 Å². The zero-order valence-corrected chi connectivity index (χ0v) is 12.7. The van der Waals surface area contributed by atoms with Crippen molar-refractivity contribution in [3.8, 4) is 0 Å². The molecular weight excluding hydrogens is 246 g/mol. The topological polar surface area (TPSA) is 32.3 Å². The molecule has 2 rings (SSSR count). The van der Waals surface area contributed by atoms with Crippen LogP contribution in [0.1, 0.15) is 29.2 Å². The lowest BCUT2D eigenvalue weighted by molar-refractivity contribution is 0.223. The Labute approximate surface area is 121 Å². The predicted molar refractivity (Wildman–Crippen MR) is 85.2 cm³/mol. The Kier molecular flexibility index (Phi) is 4.15. The Morgan fingerprint density at radius 2 is 1.55 bits per heavy atom. The Morgan fingerprint density at radius 1 is 0.950 bits per heavy atom. The first-order valence-corrected chi connectivity index (χ1v) is 6.98. The number of hydrogen-bond acceptors (Lipinski definition) is 2. The van der Waals surface area contributed by atoms with Gasteiger partial charge in [0.05, 0.1) is 12.1 Å². The highest BCUT2D eigenvalue weighted by molar-refractivity contribution is 5.50. The summed E-state index contributed by atoms with van der Waals surface area (Å²) in [4.78, 5) is 0. The fourth-order valence-corrected chi connectivity index (χ4v) is 2.58. The summed E-state index contributed by atoms with van der Waals surface area (Å²) in [6.07, 6.45) is 0. The van der Waals surface area contributed by atoms with Crippen molar-refractivity contribution in [1.82, 2.24) is 0 Å². The van der Waals surface area contributed by atoms with Gasteiger partial charge in [-0.3, -0.25) is 0 Å². The Morgan fingerprint density at radius 3 is 2.10 bits per heavy atom. The minimum Gasteiger partial charge on any atom is -0.394 e. The molecule has 0 saturated carbocycles. The third-order valence-corrected chi connectivity index (χ3v) is 3.76. The molecule has 2 aromatic rings. The number of aliphatic hydroxyl groups is 1. The summed E-state index contributed by atoms with van der Waals surface area (Å²) in [5, 5.41) is 13.3. The van der Waals surface area contributed by atoms with Gasteiger partial charge in [0.1, 0.15) is 0 Å². The molecule has 2 aromatic carbocycles. The Balaban J connectivity index is 2.35. The fourth-order valence-electron chi connectivity index (χ4n) is 2.58. The van der Waals surface area contributed by atoms with Crippen molar-refractivity contribution in [3.05, 3.63) is 64.7 Å². The molecule has 0 bridgehead atoms. The molecule has 0 radical (unpaired) electrons. The molecule has 2 N–H and O–H groups in total. The van der Waals surface area contributed by atoms with Crippen molar-refractivity contribution >= 4 is 5.69 Å². The zero-order valence-electron chi connectivity index (χ0n) is 12.7. The molecule has 106 valence electrons. The molecule has 0 aliphatic carbocycles. The second-order valence-electron chi connectivity index (χ2n) is 5.80. The van der Waals surface area contributed by atoms with E-state index in [-0.39, 0.29) is 6.61 Å². The fraction of sp³-hybridized carbons (Fsp3) is 0.333. The van der Waals surface area contributed by atoms with Crippen LogP contribution >= 0.6 is 0 Å².